The number of ether oxygens (including phenoxy) is 1. The minimum absolute atomic E-state index is 0.519. The average molecular weight is 279 g/mol. The standard InChI is InChI=1S/C18H17NO2/c1-2-16(20)14-7-3-4-10-18(14)21-17-11-5-9-15-13(17)8-6-12-19-15/h3-12,16,20H,2H2,1H3. The van der Waals surface area contributed by atoms with Crippen LogP contribution in [0, 0.1) is 0 Å². The molecular weight excluding hydrogens is 262 g/mol. The highest BCUT2D eigenvalue weighted by atomic mass is 16.5. The number of aliphatic hydroxyl groups is 1. The maximum absolute atomic E-state index is 10.1. The first-order valence-corrected chi connectivity index (χ1v) is 7.08. The molecule has 1 N–H and O–H groups in total. The summed E-state index contributed by atoms with van der Waals surface area (Å²) < 4.78 is 6.05. The van der Waals surface area contributed by atoms with Gasteiger partial charge in [0.2, 0.25) is 0 Å². The van der Waals surface area contributed by atoms with Gasteiger partial charge in [-0.3, -0.25) is 4.98 Å². The van der Waals surface area contributed by atoms with E-state index in [1.807, 2.05) is 61.5 Å². The van der Waals surface area contributed by atoms with E-state index in [4.69, 9.17) is 4.74 Å². The molecule has 3 heteroatoms. The Bertz CT molecular complexity index is 750. The zero-order chi connectivity index (χ0) is 14.7. The van der Waals surface area contributed by atoms with Crippen molar-refractivity contribution in [1.82, 2.24) is 4.98 Å². The molecule has 0 saturated heterocycles. The number of aromatic nitrogens is 1. The van der Waals surface area contributed by atoms with Crippen molar-refractivity contribution in [1.29, 1.82) is 0 Å². The van der Waals surface area contributed by atoms with E-state index >= 15 is 0 Å². The Hall–Kier alpha value is -2.39. The highest BCUT2D eigenvalue weighted by Crippen LogP contribution is 2.33. The molecule has 0 spiro atoms. The van der Waals surface area contributed by atoms with Crippen LogP contribution in [-0.4, -0.2) is 10.1 Å². The molecule has 1 unspecified atom stereocenters. The molecule has 21 heavy (non-hydrogen) atoms. The zero-order valence-corrected chi connectivity index (χ0v) is 11.9. The lowest BCUT2D eigenvalue weighted by atomic mass is 10.1. The molecule has 1 atom stereocenters. The Morgan fingerprint density at radius 2 is 1.81 bits per heavy atom. The second kappa shape index (κ2) is 5.94. The first-order chi connectivity index (χ1) is 10.3. The van der Waals surface area contributed by atoms with Crippen LogP contribution in [0.15, 0.2) is 60.8 Å². The van der Waals surface area contributed by atoms with Crippen LogP contribution in [0.3, 0.4) is 0 Å². The van der Waals surface area contributed by atoms with Gasteiger partial charge in [0, 0.05) is 17.1 Å². The molecule has 0 saturated carbocycles. The topological polar surface area (TPSA) is 42.4 Å². The number of para-hydroxylation sites is 1. The Balaban J connectivity index is 2.03. The van der Waals surface area contributed by atoms with Gasteiger partial charge < -0.3 is 9.84 Å². The SMILES string of the molecule is CCC(O)c1ccccc1Oc1cccc2ncccc12. The third-order valence-electron chi connectivity index (χ3n) is 3.49. The maximum atomic E-state index is 10.1. The number of fused-ring (bicyclic) bond motifs is 1. The summed E-state index contributed by atoms with van der Waals surface area (Å²) in [6.07, 6.45) is 1.90. The number of hydrogen-bond acceptors (Lipinski definition) is 3. The van der Waals surface area contributed by atoms with Crippen molar-refractivity contribution in [3.63, 3.8) is 0 Å². The monoisotopic (exact) mass is 279 g/mol. The van der Waals surface area contributed by atoms with Crippen LogP contribution < -0.4 is 4.74 Å². The molecule has 3 nitrogen and oxygen atoms in total. The van der Waals surface area contributed by atoms with Crippen LogP contribution in [-0.2, 0) is 0 Å². The van der Waals surface area contributed by atoms with E-state index in [0.717, 1.165) is 22.2 Å². The van der Waals surface area contributed by atoms with E-state index in [-0.39, 0.29) is 0 Å². The summed E-state index contributed by atoms with van der Waals surface area (Å²) in [4.78, 5) is 4.33. The molecule has 2 aromatic carbocycles. The molecule has 3 aromatic rings. The van der Waals surface area contributed by atoms with Crippen molar-refractivity contribution >= 4 is 10.9 Å². The summed E-state index contributed by atoms with van der Waals surface area (Å²) in [7, 11) is 0. The average Bonchev–Trinajstić information content (AvgIpc) is 2.55. The van der Waals surface area contributed by atoms with E-state index in [1.54, 1.807) is 6.20 Å². The Morgan fingerprint density at radius 1 is 1.00 bits per heavy atom. The zero-order valence-electron chi connectivity index (χ0n) is 11.9. The fourth-order valence-corrected chi connectivity index (χ4v) is 2.35. The van der Waals surface area contributed by atoms with E-state index in [2.05, 4.69) is 4.98 Å². The van der Waals surface area contributed by atoms with Gasteiger partial charge in [0.25, 0.3) is 0 Å². The van der Waals surface area contributed by atoms with Gasteiger partial charge in [-0.15, -0.1) is 0 Å². The molecule has 0 bridgehead atoms. The maximum Gasteiger partial charge on any atom is 0.136 e. The molecule has 106 valence electrons. The Morgan fingerprint density at radius 3 is 2.67 bits per heavy atom. The van der Waals surface area contributed by atoms with Gasteiger partial charge in [-0.05, 0) is 36.8 Å². The largest absolute Gasteiger partial charge is 0.456 e. The van der Waals surface area contributed by atoms with E-state index in [1.165, 1.54) is 0 Å². The number of aliphatic hydroxyl groups excluding tert-OH is 1. The first kappa shape index (κ1) is 13.6. The van der Waals surface area contributed by atoms with Crippen molar-refractivity contribution in [3.05, 3.63) is 66.4 Å². The van der Waals surface area contributed by atoms with Gasteiger partial charge in [0.05, 0.1) is 11.6 Å². The molecule has 0 amide bonds. The van der Waals surface area contributed by atoms with Crippen LogP contribution in [0.2, 0.25) is 0 Å². The number of benzene rings is 2. The fourth-order valence-electron chi connectivity index (χ4n) is 2.35. The van der Waals surface area contributed by atoms with Gasteiger partial charge >= 0.3 is 0 Å². The lowest BCUT2D eigenvalue weighted by Crippen LogP contribution is -1.98. The van der Waals surface area contributed by atoms with E-state index < -0.39 is 6.10 Å². The van der Waals surface area contributed by atoms with Gasteiger partial charge in [-0.2, -0.15) is 0 Å². The van der Waals surface area contributed by atoms with E-state index in [9.17, 15) is 5.11 Å². The van der Waals surface area contributed by atoms with Crippen LogP contribution in [0.1, 0.15) is 25.0 Å². The normalized spacial score (nSPS) is 12.3. The molecule has 3 rings (SSSR count). The predicted octanol–water partition coefficient (Wildman–Crippen LogP) is 4.47. The number of rotatable bonds is 4. The minimum atomic E-state index is -0.519. The minimum Gasteiger partial charge on any atom is -0.456 e. The van der Waals surface area contributed by atoms with Crippen molar-refractivity contribution in [2.24, 2.45) is 0 Å². The summed E-state index contributed by atoms with van der Waals surface area (Å²) in [6.45, 7) is 1.95. The van der Waals surface area contributed by atoms with Gasteiger partial charge in [-0.1, -0.05) is 31.2 Å². The van der Waals surface area contributed by atoms with Crippen LogP contribution in [0.25, 0.3) is 10.9 Å². The molecule has 1 aromatic heterocycles. The molecule has 0 aliphatic heterocycles. The van der Waals surface area contributed by atoms with Crippen LogP contribution >= 0.6 is 0 Å². The second-order valence-electron chi connectivity index (χ2n) is 4.89. The van der Waals surface area contributed by atoms with Crippen LogP contribution in [0.5, 0.6) is 11.5 Å². The second-order valence-corrected chi connectivity index (χ2v) is 4.89. The van der Waals surface area contributed by atoms with Crippen LogP contribution in [0.4, 0.5) is 0 Å². The summed E-state index contributed by atoms with van der Waals surface area (Å²) in [5, 5.41) is 11.1. The quantitative estimate of drug-likeness (QED) is 0.766. The number of hydrogen-bond donors (Lipinski definition) is 1. The Labute approximate surface area is 123 Å². The smallest absolute Gasteiger partial charge is 0.136 e. The van der Waals surface area contributed by atoms with Gasteiger partial charge in [0.1, 0.15) is 11.5 Å². The highest BCUT2D eigenvalue weighted by molar-refractivity contribution is 5.85. The molecule has 0 aliphatic carbocycles. The molecular formula is C18H17NO2. The highest BCUT2D eigenvalue weighted by Gasteiger charge is 2.12. The Kier molecular flexibility index (Phi) is 3.84. The van der Waals surface area contributed by atoms with Crippen molar-refractivity contribution in [2.45, 2.75) is 19.4 Å². The lowest BCUT2D eigenvalue weighted by Gasteiger charge is -2.15. The molecule has 0 fully saturated rings. The summed E-state index contributed by atoms with van der Waals surface area (Å²) in [5.74, 6) is 1.43. The molecule has 0 aliphatic rings. The predicted molar refractivity (Wildman–Crippen MR) is 83.5 cm³/mol. The van der Waals surface area contributed by atoms with Crippen molar-refractivity contribution in [2.75, 3.05) is 0 Å². The lowest BCUT2D eigenvalue weighted by molar-refractivity contribution is 0.170. The van der Waals surface area contributed by atoms with Gasteiger partial charge in [0.15, 0.2) is 0 Å². The third kappa shape index (κ3) is 2.73. The summed E-state index contributed by atoms with van der Waals surface area (Å²) >= 11 is 0. The van der Waals surface area contributed by atoms with Crippen molar-refractivity contribution < 1.29 is 9.84 Å². The van der Waals surface area contributed by atoms with E-state index in [0.29, 0.717) is 12.2 Å². The van der Waals surface area contributed by atoms with Gasteiger partial charge in [-0.25, -0.2) is 0 Å². The van der Waals surface area contributed by atoms with Crippen molar-refractivity contribution in [3.8, 4) is 11.5 Å². The number of pyridine rings is 1. The number of nitrogens with zero attached hydrogens (tertiary/aromatic N) is 1. The molecule has 0 radical (unpaired) electrons. The molecule has 1 heterocycles. The first-order valence-electron chi connectivity index (χ1n) is 7.08. The fraction of sp³-hybridized carbons (Fsp3) is 0.167. The summed E-state index contributed by atoms with van der Waals surface area (Å²) in [6, 6.07) is 17.3. The third-order valence-corrected chi connectivity index (χ3v) is 3.49. The summed E-state index contributed by atoms with van der Waals surface area (Å²) in [5.41, 5.74) is 1.70.